The van der Waals surface area contributed by atoms with Gasteiger partial charge in [0.25, 0.3) is 0 Å². The van der Waals surface area contributed by atoms with Crippen LogP contribution in [0.25, 0.3) is 11.0 Å². The highest BCUT2D eigenvalue weighted by Gasteiger charge is 2.16. The largest absolute Gasteiger partial charge is 0.334 e. The van der Waals surface area contributed by atoms with Crippen LogP contribution in [0.1, 0.15) is 17.3 Å². The summed E-state index contributed by atoms with van der Waals surface area (Å²) in [6, 6.07) is 7.99. The van der Waals surface area contributed by atoms with Gasteiger partial charge in [0.2, 0.25) is 0 Å². The highest BCUT2D eigenvalue weighted by Crippen LogP contribution is 2.23. The zero-order valence-electron chi connectivity index (χ0n) is 10.7. The van der Waals surface area contributed by atoms with Crippen LogP contribution in [0.3, 0.4) is 0 Å². The lowest BCUT2D eigenvalue weighted by atomic mass is 9.98. The predicted octanol–water partition coefficient (Wildman–Crippen LogP) is 1.45. The third-order valence-corrected chi connectivity index (χ3v) is 3.28. The van der Waals surface area contributed by atoms with E-state index in [0.29, 0.717) is 6.54 Å². The van der Waals surface area contributed by atoms with Gasteiger partial charge in [0, 0.05) is 26.0 Å². The molecule has 5 nitrogen and oxygen atoms in total. The quantitative estimate of drug-likeness (QED) is 0.767. The smallest absolute Gasteiger partial charge is 0.136 e. The first-order valence-electron chi connectivity index (χ1n) is 6.17. The maximum absolute atomic E-state index is 5.88. The maximum Gasteiger partial charge on any atom is 0.136 e. The van der Waals surface area contributed by atoms with Crippen LogP contribution < -0.4 is 5.73 Å². The average Bonchev–Trinajstić information content (AvgIpc) is 2.82. The molecule has 5 heteroatoms. The summed E-state index contributed by atoms with van der Waals surface area (Å²) in [5.74, 6) is 0.757. The first-order valence-corrected chi connectivity index (χ1v) is 6.17. The number of fused-ring (bicyclic) bond motifs is 1. The number of hydrogen-bond acceptors (Lipinski definition) is 4. The summed E-state index contributed by atoms with van der Waals surface area (Å²) in [4.78, 5) is 13.0. The Bertz CT molecular complexity index is 689. The van der Waals surface area contributed by atoms with E-state index in [1.54, 1.807) is 18.5 Å². The Kier molecular flexibility index (Phi) is 2.97. The summed E-state index contributed by atoms with van der Waals surface area (Å²) in [6.45, 7) is 0.475. The molecule has 0 aliphatic carbocycles. The van der Waals surface area contributed by atoms with Crippen LogP contribution in [-0.4, -0.2) is 26.1 Å². The van der Waals surface area contributed by atoms with E-state index in [1.807, 2.05) is 17.9 Å². The Morgan fingerprint density at radius 3 is 2.74 bits per heavy atom. The minimum atomic E-state index is 0.00704. The molecule has 1 aromatic carbocycles. The molecule has 0 saturated carbocycles. The molecule has 2 N–H and O–H groups in total. The number of nitrogens with two attached hydrogens (primary N) is 1. The van der Waals surface area contributed by atoms with E-state index in [9.17, 15) is 0 Å². The van der Waals surface area contributed by atoms with E-state index in [2.05, 4.69) is 33.2 Å². The Labute approximate surface area is 111 Å². The van der Waals surface area contributed by atoms with E-state index in [1.165, 1.54) is 0 Å². The molecular weight excluding hydrogens is 238 g/mol. The Balaban J connectivity index is 2.06. The molecule has 0 bridgehead atoms. The zero-order valence-corrected chi connectivity index (χ0v) is 10.7. The highest BCUT2D eigenvalue weighted by atomic mass is 15.0. The van der Waals surface area contributed by atoms with Crippen LogP contribution in [0.15, 0.2) is 43.0 Å². The molecule has 3 rings (SSSR count). The molecule has 0 amide bonds. The molecule has 1 unspecified atom stereocenters. The molecular formula is C14H15N5. The lowest BCUT2D eigenvalue weighted by Gasteiger charge is -2.13. The van der Waals surface area contributed by atoms with Gasteiger partial charge in [0.05, 0.1) is 23.3 Å². The van der Waals surface area contributed by atoms with Gasteiger partial charge in [-0.1, -0.05) is 6.07 Å². The van der Waals surface area contributed by atoms with E-state index >= 15 is 0 Å². The van der Waals surface area contributed by atoms with Crippen molar-refractivity contribution in [3.63, 3.8) is 0 Å². The van der Waals surface area contributed by atoms with Crippen LogP contribution in [0.4, 0.5) is 0 Å². The molecule has 19 heavy (non-hydrogen) atoms. The number of imidazole rings is 1. The Morgan fingerprint density at radius 2 is 2.00 bits per heavy atom. The van der Waals surface area contributed by atoms with Crippen molar-refractivity contribution in [1.29, 1.82) is 0 Å². The van der Waals surface area contributed by atoms with Gasteiger partial charge in [-0.15, -0.1) is 0 Å². The van der Waals surface area contributed by atoms with Gasteiger partial charge in [-0.25, -0.2) is 15.0 Å². The lowest BCUT2D eigenvalue weighted by Crippen LogP contribution is -2.16. The minimum absolute atomic E-state index is 0.00704. The topological polar surface area (TPSA) is 69.6 Å². The van der Waals surface area contributed by atoms with Crippen LogP contribution >= 0.6 is 0 Å². The highest BCUT2D eigenvalue weighted by molar-refractivity contribution is 5.76. The van der Waals surface area contributed by atoms with Crippen molar-refractivity contribution >= 4 is 11.0 Å². The molecule has 0 spiro atoms. The second-order valence-electron chi connectivity index (χ2n) is 4.50. The van der Waals surface area contributed by atoms with Gasteiger partial charge in [-0.05, 0) is 23.8 Å². The van der Waals surface area contributed by atoms with E-state index in [0.717, 1.165) is 22.4 Å². The summed E-state index contributed by atoms with van der Waals surface area (Å²) < 4.78 is 2.00. The van der Waals surface area contributed by atoms with Crippen LogP contribution in [0, 0.1) is 0 Å². The zero-order chi connectivity index (χ0) is 13.2. The SMILES string of the molecule is Cn1cnc2cc(C(CN)c3ncccn3)ccc21. The van der Waals surface area contributed by atoms with Crippen molar-refractivity contribution in [2.45, 2.75) is 5.92 Å². The van der Waals surface area contributed by atoms with Crippen molar-refractivity contribution in [1.82, 2.24) is 19.5 Å². The average molecular weight is 253 g/mol. The van der Waals surface area contributed by atoms with E-state index in [4.69, 9.17) is 5.73 Å². The summed E-state index contributed by atoms with van der Waals surface area (Å²) in [6.07, 6.45) is 5.29. The third-order valence-electron chi connectivity index (χ3n) is 3.28. The second-order valence-corrected chi connectivity index (χ2v) is 4.50. The number of benzene rings is 1. The van der Waals surface area contributed by atoms with Gasteiger partial charge in [0.1, 0.15) is 5.82 Å². The van der Waals surface area contributed by atoms with Gasteiger partial charge in [-0.2, -0.15) is 0 Å². The fourth-order valence-electron chi connectivity index (χ4n) is 2.25. The molecule has 0 fully saturated rings. The van der Waals surface area contributed by atoms with Crippen molar-refractivity contribution in [3.05, 3.63) is 54.4 Å². The first-order chi connectivity index (χ1) is 9.29. The maximum atomic E-state index is 5.88. The molecule has 0 radical (unpaired) electrons. The summed E-state index contributed by atoms with van der Waals surface area (Å²) in [5.41, 5.74) is 9.05. The summed E-state index contributed by atoms with van der Waals surface area (Å²) in [7, 11) is 1.98. The van der Waals surface area contributed by atoms with Gasteiger partial charge >= 0.3 is 0 Å². The third kappa shape index (κ3) is 2.08. The number of nitrogens with zero attached hydrogens (tertiary/aromatic N) is 4. The lowest BCUT2D eigenvalue weighted by molar-refractivity contribution is 0.750. The van der Waals surface area contributed by atoms with Gasteiger partial charge < -0.3 is 10.3 Å². The van der Waals surface area contributed by atoms with E-state index < -0.39 is 0 Å². The Hall–Kier alpha value is -2.27. The van der Waals surface area contributed by atoms with Crippen LogP contribution in [-0.2, 0) is 7.05 Å². The molecule has 2 aromatic heterocycles. The Morgan fingerprint density at radius 1 is 1.21 bits per heavy atom. The number of rotatable bonds is 3. The predicted molar refractivity (Wildman–Crippen MR) is 73.6 cm³/mol. The molecule has 0 aliphatic heterocycles. The van der Waals surface area contributed by atoms with Crippen molar-refractivity contribution in [2.24, 2.45) is 12.8 Å². The van der Waals surface area contributed by atoms with E-state index in [-0.39, 0.29) is 5.92 Å². The molecule has 0 aliphatic rings. The van der Waals surface area contributed by atoms with Crippen molar-refractivity contribution < 1.29 is 0 Å². The monoisotopic (exact) mass is 253 g/mol. The molecule has 2 heterocycles. The van der Waals surface area contributed by atoms with Gasteiger partial charge in [-0.3, -0.25) is 0 Å². The standard InChI is InChI=1S/C14H15N5/c1-19-9-18-12-7-10(3-4-13(12)19)11(8-15)14-16-5-2-6-17-14/h2-7,9,11H,8,15H2,1H3. The fourth-order valence-corrected chi connectivity index (χ4v) is 2.25. The van der Waals surface area contributed by atoms with Crippen molar-refractivity contribution in [3.8, 4) is 0 Å². The summed E-state index contributed by atoms with van der Waals surface area (Å²) in [5, 5.41) is 0. The first kappa shape index (κ1) is 11.8. The fraction of sp³-hybridized carbons (Fsp3) is 0.214. The van der Waals surface area contributed by atoms with Crippen molar-refractivity contribution in [2.75, 3.05) is 6.54 Å². The second kappa shape index (κ2) is 4.78. The molecule has 0 saturated heterocycles. The van der Waals surface area contributed by atoms with Gasteiger partial charge in [0.15, 0.2) is 0 Å². The van der Waals surface area contributed by atoms with Crippen LogP contribution in [0.5, 0.6) is 0 Å². The minimum Gasteiger partial charge on any atom is -0.334 e. The number of aryl methyl sites for hydroxylation is 1. The molecule has 1 atom stereocenters. The normalized spacial score (nSPS) is 12.7. The number of hydrogen-bond donors (Lipinski definition) is 1. The molecule has 96 valence electrons. The molecule has 3 aromatic rings. The van der Waals surface area contributed by atoms with Crippen LogP contribution in [0.2, 0.25) is 0 Å². The number of aromatic nitrogens is 4. The summed E-state index contributed by atoms with van der Waals surface area (Å²) >= 11 is 0.